The van der Waals surface area contributed by atoms with Crippen LogP contribution in [-0.2, 0) is 13.1 Å². The molecular weight excluding hydrogens is 244 g/mol. The van der Waals surface area contributed by atoms with Gasteiger partial charge in [-0.3, -0.25) is 4.79 Å². The summed E-state index contributed by atoms with van der Waals surface area (Å²) in [4.78, 5) is 10.9. The molecular formula is C14H16N2OS. The van der Waals surface area contributed by atoms with Crippen LogP contribution in [0.4, 0.5) is 0 Å². The molecule has 0 saturated heterocycles. The topological polar surface area (TPSA) is 55.1 Å². The zero-order chi connectivity index (χ0) is 13.0. The average molecular weight is 260 g/mol. The molecule has 4 heteroatoms. The Balaban J connectivity index is 1.87. The van der Waals surface area contributed by atoms with Crippen LogP contribution in [0.15, 0.2) is 35.0 Å². The quantitative estimate of drug-likeness (QED) is 0.867. The summed E-state index contributed by atoms with van der Waals surface area (Å²) < 4.78 is 0. The molecule has 0 aliphatic heterocycles. The van der Waals surface area contributed by atoms with Gasteiger partial charge in [0.15, 0.2) is 0 Å². The number of thiophene rings is 1. The number of aryl methyl sites for hydroxylation is 1. The predicted octanol–water partition coefficient (Wildman–Crippen LogP) is 2.45. The Morgan fingerprint density at radius 1 is 1.22 bits per heavy atom. The van der Waals surface area contributed by atoms with E-state index in [0.29, 0.717) is 5.56 Å². The second-order valence-corrected chi connectivity index (χ2v) is 4.99. The summed E-state index contributed by atoms with van der Waals surface area (Å²) >= 11 is 1.73. The van der Waals surface area contributed by atoms with E-state index in [0.717, 1.165) is 18.7 Å². The second-order valence-electron chi connectivity index (χ2n) is 4.24. The number of primary amides is 1. The van der Waals surface area contributed by atoms with Gasteiger partial charge in [-0.2, -0.15) is 11.3 Å². The number of amides is 1. The third kappa shape index (κ3) is 3.18. The Bertz CT molecular complexity index is 531. The Morgan fingerprint density at radius 2 is 1.94 bits per heavy atom. The van der Waals surface area contributed by atoms with Crippen LogP contribution >= 0.6 is 11.3 Å². The fraction of sp³-hybridized carbons (Fsp3) is 0.214. The first kappa shape index (κ1) is 12.8. The summed E-state index contributed by atoms with van der Waals surface area (Å²) in [7, 11) is 0. The number of carbonyl (C=O) groups excluding carboxylic acids is 1. The van der Waals surface area contributed by atoms with Crippen LogP contribution in [0.1, 0.15) is 27.0 Å². The van der Waals surface area contributed by atoms with Gasteiger partial charge in [-0.1, -0.05) is 12.1 Å². The summed E-state index contributed by atoms with van der Waals surface area (Å²) in [6.45, 7) is 3.77. The minimum Gasteiger partial charge on any atom is -0.366 e. The van der Waals surface area contributed by atoms with Gasteiger partial charge in [0.25, 0.3) is 0 Å². The average Bonchev–Trinajstić information content (AvgIpc) is 2.76. The van der Waals surface area contributed by atoms with Crippen LogP contribution in [0.3, 0.4) is 0 Å². The highest BCUT2D eigenvalue weighted by molar-refractivity contribution is 7.08. The number of hydrogen-bond donors (Lipinski definition) is 2. The number of nitrogens with two attached hydrogens (primary N) is 1. The number of carbonyl (C=O) groups is 1. The van der Waals surface area contributed by atoms with Crippen LogP contribution < -0.4 is 11.1 Å². The lowest BCUT2D eigenvalue weighted by molar-refractivity contribution is 0.100. The third-order valence-electron chi connectivity index (χ3n) is 2.84. The summed E-state index contributed by atoms with van der Waals surface area (Å²) in [6, 6.07) is 7.37. The standard InChI is InChI=1S/C14H16N2OS/c1-10-8-18-9-13(10)7-16-6-11-2-4-12(5-3-11)14(15)17/h2-5,8-9,16H,6-7H2,1H3,(H2,15,17). The molecule has 0 atom stereocenters. The molecule has 2 rings (SSSR count). The SMILES string of the molecule is Cc1cscc1CNCc1ccc(C(N)=O)cc1. The molecule has 94 valence electrons. The Labute approximate surface area is 111 Å². The lowest BCUT2D eigenvalue weighted by Gasteiger charge is -2.05. The first-order valence-corrected chi connectivity index (χ1v) is 6.72. The summed E-state index contributed by atoms with van der Waals surface area (Å²) in [6.07, 6.45) is 0. The molecule has 0 bridgehead atoms. The second kappa shape index (κ2) is 5.80. The molecule has 3 nitrogen and oxygen atoms in total. The molecule has 0 aliphatic carbocycles. The smallest absolute Gasteiger partial charge is 0.248 e. The maximum absolute atomic E-state index is 10.9. The van der Waals surface area contributed by atoms with Gasteiger partial charge in [-0.05, 0) is 46.5 Å². The maximum Gasteiger partial charge on any atom is 0.248 e. The Morgan fingerprint density at radius 3 is 2.50 bits per heavy atom. The molecule has 3 N–H and O–H groups in total. The molecule has 0 aliphatic rings. The first-order valence-electron chi connectivity index (χ1n) is 5.78. The molecule has 1 aromatic heterocycles. The number of rotatable bonds is 5. The van der Waals surface area contributed by atoms with E-state index in [2.05, 4.69) is 23.0 Å². The van der Waals surface area contributed by atoms with E-state index >= 15 is 0 Å². The number of benzene rings is 1. The lowest BCUT2D eigenvalue weighted by atomic mass is 10.1. The molecule has 0 radical (unpaired) electrons. The highest BCUT2D eigenvalue weighted by Gasteiger charge is 2.01. The van der Waals surface area contributed by atoms with E-state index in [1.54, 1.807) is 23.5 Å². The largest absolute Gasteiger partial charge is 0.366 e. The summed E-state index contributed by atoms with van der Waals surface area (Å²) in [5, 5.41) is 7.70. The van der Waals surface area contributed by atoms with Crippen LogP contribution in [0.25, 0.3) is 0 Å². The van der Waals surface area contributed by atoms with Crippen molar-refractivity contribution in [3.05, 3.63) is 57.3 Å². The van der Waals surface area contributed by atoms with E-state index in [-0.39, 0.29) is 5.91 Å². The van der Waals surface area contributed by atoms with Gasteiger partial charge in [0.1, 0.15) is 0 Å². The van der Waals surface area contributed by atoms with Crippen molar-refractivity contribution in [2.24, 2.45) is 5.73 Å². The van der Waals surface area contributed by atoms with Gasteiger partial charge in [0.2, 0.25) is 5.91 Å². The van der Waals surface area contributed by atoms with Crippen molar-refractivity contribution in [3.63, 3.8) is 0 Å². The van der Waals surface area contributed by atoms with E-state index in [1.807, 2.05) is 12.1 Å². The van der Waals surface area contributed by atoms with Gasteiger partial charge in [0, 0.05) is 18.7 Å². The van der Waals surface area contributed by atoms with E-state index in [4.69, 9.17) is 5.73 Å². The predicted molar refractivity (Wildman–Crippen MR) is 74.6 cm³/mol. The fourth-order valence-electron chi connectivity index (χ4n) is 1.70. The molecule has 1 aromatic carbocycles. The molecule has 18 heavy (non-hydrogen) atoms. The van der Waals surface area contributed by atoms with Gasteiger partial charge in [0.05, 0.1) is 0 Å². The minimum absolute atomic E-state index is 0.386. The van der Waals surface area contributed by atoms with Gasteiger partial charge in [-0.15, -0.1) is 0 Å². The van der Waals surface area contributed by atoms with Crippen molar-refractivity contribution in [2.75, 3.05) is 0 Å². The van der Waals surface area contributed by atoms with Gasteiger partial charge < -0.3 is 11.1 Å². The third-order valence-corrected chi connectivity index (χ3v) is 3.75. The van der Waals surface area contributed by atoms with E-state index in [1.165, 1.54) is 11.1 Å². The molecule has 2 aromatic rings. The van der Waals surface area contributed by atoms with Crippen LogP contribution in [-0.4, -0.2) is 5.91 Å². The monoisotopic (exact) mass is 260 g/mol. The van der Waals surface area contributed by atoms with Crippen molar-refractivity contribution < 1.29 is 4.79 Å². The van der Waals surface area contributed by atoms with Crippen molar-refractivity contribution in [1.82, 2.24) is 5.32 Å². The van der Waals surface area contributed by atoms with Gasteiger partial charge in [-0.25, -0.2) is 0 Å². The molecule has 0 saturated carbocycles. The highest BCUT2D eigenvalue weighted by Crippen LogP contribution is 2.13. The first-order chi connectivity index (χ1) is 8.66. The molecule has 0 spiro atoms. The minimum atomic E-state index is -0.386. The Kier molecular flexibility index (Phi) is 4.12. The van der Waals surface area contributed by atoms with Crippen molar-refractivity contribution in [3.8, 4) is 0 Å². The molecule has 0 unspecified atom stereocenters. The van der Waals surface area contributed by atoms with Crippen molar-refractivity contribution in [1.29, 1.82) is 0 Å². The summed E-state index contributed by atoms with van der Waals surface area (Å²) in [5.41, 5.74) is 9.56. The van der Waals surface area contributed by atoms with Gasteiger partial charge >= 0.3 is 0 Å². The molecule has 1 amide bonds. The molecule has 0 fully saturated rings. The fourth-order valence-corrected chi connectivity index (χ4v) is 2.55. The normalized spacial score (nSPS) is 10.5. The van der Waals surface area contributed by atoms with Crippen LogP contribution in [0.5, 0.6) is 0 Å². The maximum atomic E-state index is 10.9. The number of nitrogens with one attached hydrogen (secondary N) is 1. The van der Waals surface area contributed by atoms with Crippen molar-refractivity contribution in [2.45, 2.75) is 20.0 Å². The van der Waals surface area contributed by atoms with Crippen molar-refractivity contribution >= 4 is 17.2 Å². The number of hydrogen-bond acceptors (Lipinski definition) is 3. The van der Waals surface area contributed by atoms with Crippen LogP contribution in [0, 0.1) is 6.92 Å². The summed E-state index contributed by atoms with van der Waals surface area (Å²) in [5.74, 6) is -0.386. The Hall–Kier alpha value is -1.65. The molecule has 1 heterocycles. The van der Waals surface area contributed by atoms with Crippen LogP contribution in [0.2, 0.25) is 0 Å². The zero-order valence-electron chi connectivity index (χ0n) is 10.3. The van der Waals surface area contributed by atoms with E-state index < -0.39 is 0 Å². The zero-order valence-corrected chi connectivity index (χ0v) is 11.1. The lowest BCUT2D eigenvalue weighted by Crippen LogP contribution is -2.14. The van der Waals surface area contributed by atoms with E-state index in [9.17, 15) is 4.79 Å². The highest BCUT2D eigenvalue weighted by atomic mass is 32.1.